The van der Waals surface area contributed by atoms with Crippen LogP contribution < -0.4 is 9.64 Å². The lowest BCUT2D eigenvalue weighted by atomic mass is 10.3. The highest BCUT2D eigenvalue weighted by atomic mass is 16.5. The van der Waals surface area contributed by atoms with Crippen molar-refractivity contribution in [2.75, 3.05) is 24.6 Å². The Morgan fingerprint density at radius 1 is 1.32 bits per heavy atom. The molecule has 5 heteroatoms. The number of rotatable bonds is 6. The van der Waals surface area contributed by atoms with Crippen LogP contribution in [0.15, 0.2) is 24.3 Å². The van der Waals surface area contributed by atoms with Crippen LogP contribution in [0.4, 0.5) is 5.69 Å². The highest BCUT2D eigenvalue weighted by Gasteiger charge is 2.31. The lowest BCUT2D eigenvalue weighted by Crippen LogP contribution is -2.36. The van der Waals surface area contributed by atoms with Crippen molar-refractivity contribution in [3.63, 3.8) is 0 Å². The fourth-order valence-electron chi connectivity index (χ4n) is 2.90. The Labute approximate surface area is 130 Å². The maximum absolute atomic E-state index is 12.1. The fourth-order valence-corrected chi connectivity index (χ4v) is 2.90. The van der Waals surface area contributed by atoms with Crippen LogP contribution in [0.3, 0.4) is 0 Å². The van der Waals surface area contributed by atoms with Gasteiger partial charge >= 0.3 is 0 Å². The van der Waals surface area contributed by atoms with E-state index in [2.05, 4.69) is 0 Å². The summed E-state index contributed by atoms with van der Waals surface area (Å²) in [6, 6.07) is 7.82. The molecule has 0 aromatic heterocycles. The van der Waals surface area contributed by atoms with Crippen LogP contribution in [0, 0.1) is 0 Å². The zero-order chi connectivity index (χ0) is 15.5. The second-order valence-electron chi connectivity index (χ2n) is 5.84. The summed E-state index contributed by atoms with van der Waals surface area (Å²) in [7, 11) is 0. The maximum Gasteiger partial charge on any atom is 0.260 e. The first-order chi connectivity index (χ1) is 10.7. The Hall–Kier alpha value is -2.04. The number of carbonyl (C=O) groups excluding carboxylic acids is 2. The highest BCUT2D eigenvalue weighted by Crippen LogP contribution is 2.27. The molecular formula is C17H22N2O3. The average molecular weight is 302 g/mol. The molecule has 22 heavy (non-hydrogen) atoms. The minimum absolute atomic E-state index is 0.0452. The van der Waals surface area contributed by atoms with Crippen LogP contribution in [-0.4, -0.2) is 42.5 Å². The van der Waals surface area contributed by atoms with Crippen molar-refractivity contribution >= 4 is 17.5 Å². The number of carbonyl (C=O) groups is 2. The summed E-state index contributed by atoms with van der Waals surface area (Å²) in [6.45, 7) is 3.59. The molecule has 1 aromatic carbocycles. The fraction of sp³-hybridized carbons (Fsp3) is 0.529. The van der Waals surface area contributed by atoms with Gasteiger partial charge in [0.2, 0.25) is 5.91 Å². The molecule has 0 spiro atoms. The van der Waals surface area contributed by atoms with Crippen molar-refractivity contribution in [1.82, 2.24) is 4.90 Å². The second-order valence-corrected chi connectivity index (χ2v) is 5.84. The topological polar surface area (TPSA) is 49.9 Å². The number of hydrogen-bond donors (Lipinski definition) is 0. The van der Waals surface area contributed by atoms with E-state index in [0.717, 1.165) is 38.0 Å². The number of benzene rings is 1. The van der Waals surface area contributed by atoms with Crippen molar-refractivity contribution in [2.24, 2.45) is 0 Å². The van der Waals surface area contributed by atoms with Crippen molar-refractivity contribution < 1.29 is 14.3 Å². The van der Waals surface area contributed by atoms with Crippen LogP contribution in [0.2, 0.25) is 0 Å². The van der Waals surface area contributed by atoms with Crippen LogP contribution in [0.25, 0.3) is 0 Å². The number of amides is 2. The van der Waals surface area contributed by atoms with E-state index < -0.39 is 0 Å². The standard InChI is InChI=1S/C17H22N2O3/c1-2-18(13-5-6-13)17(21)12-22-15-9-7-14(8-10-15)19-11-3-4-16(19)20/h7-10,13H,2-6,11-12H2,1H3. The number of ether oxygens (including phenoxy) is 1. The van der Waals surface area contributed by atoms with E-state index in [1.165, 1.54) is 0 Å². The molecule has 1 aliphatic heterocycles. The molecule has 0 bridgehead atoms. The molecular weight excluding hydrogens is 280 g/mol. The largest absolute Gasteiger partial charge is 0.484 e. The van der Waals surface area contributed by atoms with Gasteiger partial charge < -0.3 is 14.5 Å². The van der Waals surface area contributed by atoms with E-state index in [4.69, 9.17) is 4.74 Å². The molecule has 1 aliphatic carbocycles. The van der Waals surface area contributed by atoms with Crippen LogP contribution in [0.1, 0.15) is 32.6 Å². The van der Waals surface area contributed by atoms with Crippen LogP contribution >= 0.6 is 0 Å². The van der Waals surface area contributed by atoms with Gasteiger partial charge in [0.15, 0.2) is 6.61 Å². The number of anilines is 1. The summed E-state index contributed by atoms with van der Waals surface area (Å²) in [5, 5.41) is 0. The lowest BCUT2D eigenvalue weighted by Gasteiger charge is -2.20. The van der Waals surface area contributed by atoms with E-state index in [1.807, 2.05) is 36.1 Å². The molecule has 2 fully saturated rings. The summed E-state index contributed by atoms with van der Waals surface area (Å²) in [4.78, 5) is 27.5. The summed E-state index contributed by atoms with van der Waals surface area (Å²) < 4.78 is 5.58. The van der Waals surface area contributed by atoms with Gasteiger partial charge in [0.05, 0.1) is 0 Å². The Balaban J connectivity index is 1.54. The first kappa shape index (κ1) is 14.9. The van der Waals surface area contributed by atoms with Crippen LogP contribution in [0.5, 0.6) is 5.75 Å². The van der Waals surface area contributed by atoms with Gasteiger partial charge in [-0.2, -0.15) is 0 Å². The number of nitrogens with zero attached hydrogens (tertiary/aromatic N) is 2. The Kier molecular flexibility index (Phi) is 4.32. The third-order valence-electron chi connectivity index (χ3n) is 4.23. The van der Waals surface area contributed by atoms with E-state index in [9.17, 15) is 9.59 Å². The molecule has 0 N–H and O–H groups in total. The van der Waals surface area contributed by atoms with E-state index in [0.29, 0.717) is 18.2 Å². The van der Waals surface area contributed by atoms with Gasteiger partial charge in [-0.15, -0.1) is 0 Å². The molecule has 0 atom stereocenters. The monoisotopic (exact) mass is 302 g/mol. The van der Waals surface area contributed by atoms with E-state index in [1.54, 1.807) is 4.90 Å². The van der Waals surface area contributed by atoms with Gasteiger partial charge in [-0.05, 0) is 50.5 Å². The third-order valence-corrected chi connectivity index (χ3v) is 4.23. The minimum atomic E-state index is 0.0452. The van der Waals surface area contributed by atoms with Crippen molar-refractivity contribution in [1.29, 1.82) is 0 Å². The van der Waals surface area contributed by atoms with Gasteiger partial charge in [0, 0.05) is 31.2 Å². The SMILES string of the molecule is CCN(C(=O)COc1ccc(N2CCCC2=O)cc1)C1CC1. The predicted molar refractivity (Wildman–Crippen MR) is 83.9 cm³/mol. The normalized spacial score (nSPS) is 17.7. The van der Waals surface area contributed by atoms with E-state index >= 15 is 0 Å². The highest BCUT2D eigenvalue weighted by molar-refractivity contribution is 5.95. The van der Waals surface area contributed by atoms with Crippen LogP contribution in [-0.2, 0) is 9.59 Å². The van der Waals surface area contributed by atoms with Gasteiger partial charge in [0.1, 0.15) is 5.75 Å². The zero-order valence-corrected chi connectivity index (χ0v) is 13.0. The molecule has 1 heterocycles. The molecule has 0 radical (unpaired) electrons. The molecule has 118 valence electrons. The molecule has 1 saturated heterocycles. The minimum Gasteiger partial charge on any atom is -0.484 e. The van der Waals surface area contributed by atoms with Gasteiger partial charge in [-0.3, -0.25) is 9.59 Å². The van der Waals surface area contributed by atoms with Crippen molar-refractivity contribution in [3.8, 4) is 5.75 Å². The summed E-state index contributed by atoms with van der Waals surface area (Å²) in [6.07, 6.45) is 3.76. The summed E-state index contributed by atoms with van der Waals surface area (Å²) >= 11 is 0. The van der Waals surface area contributed by atoms with Crippen molar-refractivity contribution in [2.45, 2.75) is 38.6 Å². The summed E-state index contributed by atoms with van der Waals surface area (Å²) in [5.41, 5.74) is 0.898. The first-order valence-corrected chi connectivity index (χ1v) is 8.01. The summed E-state index contributed by atoms with van der Waals surface area (Å²) in [5.74, 6) is 0.881. The molecule has 2 aliphatic rings. The number of likely N-dealkylation sites (N-methyl/N-ethyl adjacent to an activating group) is 1. The smallest absolute Gasteiger partial charge is 0.260 e. The average Bonchev–Trinajstić information content (AvgIpc) is 3.27. The predicted octanol–water partition coefficient (Wildman–Crippen LogP) is 2.20. The Bertz CT molecular complexity index is 552. The maximum atomic E-state index is 12.1. The third kappa shape index (κ3) is 3.24. The molecule has 0 unspecified atom stereocenters. The lowest BCUT2D eigenvalue weighted by molar-refractivity contribution is -0.133. The molecule has 1 aromatic rings. The molecule has 1 saturated carbocycles. The molecule has 2 amide bonds. The Morgan fingerprint density at radius 2 is 2.05 bits per heavy atom. The number of hydrogen-bond acceptors (Lipinski definition) is 3. The molecule has 5 nitrogen and oxygen atoms in total. The quantitative estimate of drug-likeness (QED) is 0.809. The van der Waals surface area contributed by atoms with Gasteiger partial charge in [-0.1, -0.05) is 0 Å². The van der Waals surface area contributed by atoms with Gasteiger partial charge in [-0.25, -0.2) is 0 Å². The van der Waals surface area contributed by atoms with Crippen molar-refractivity contribution in [3.05, 3.63) is 24.3 Å². The second kappa shape index (κ2) is 6.38. The van der Waals surface area contributed by atoms with E-state index in [-0.39, 0.29) is 18.4 Å². The van der Waals surface area contributed by atoms with Gasteiger partial charge in [0.25, 0.3) is 5.91 Å². The first-order valence-electron chi connectivity index (χ1n) is 8.01. The Morgan fingerprint density at radius 3 is 2.59 bits per heavy atom. The zero-order valence-electron chi connectivity index (χ0n) is 13.0. The molecule has 3 rings (SSSR count).